The number of aliphatic hydroxyl groups is 1. The van der Waals surface area contributed by atoms with Gasteiger partial charge in [0.05, 0.1) is 18.7 Å². The fourth-order valence-electron chi connectivity index (χ4n) is 2.73. The normalized spacial score (nSPS) is 10.8. The van der Waals surface area contributed by atoms with Crippen LogP contribution in [-0.2, 0) is 11.3 Å². The Hall–Kier alpha value is -2.92. The van der Waals surface area contributed by atoms with Crippen LogP contribution in [0.3, 0.4) is 0 Å². The molecule has 0 aliphatic carbocycles. The highest BCUT2D eigenvalue weighted by Gasteiger charge is 2.18. The Labute approximate surface area is 138 Å². The van der Waals surface area contributed by atoms with Crippen LogP contribution in [0, 0.1) is 0 Å². The van der Waals surface area contributed by atoms with Crippen molar-refractivity contribution in [3.8, 4) is 5.69 Å². The maximum absolute atomic E-state index is 12.7. The molecule has 0 amide bonds. The largest absolute Gasteiger partial charge is 0.462 e. The number of esters is 1. The van der Waals surface area contributed by atoms with Gasteiger partial charge in [-0.1, -0.05) is 30.3 Å². The molecule has 0 atom stereocenters. The second-order valence-corrected chi connectivity index (χ2v) is 5.27. The van der Waals surface area contributed by atoms with E-state index in [1.807, 2.05) is 30.3 Å². The van der Waals surface area contributed by atoms with Gasteiger partial charge in [-0.05, 0) is 25.1 Å². The first-order chi connectivity index (χ1) is 11.7. The SMILES string of the molecule is CCOC(=O)c1cn(-c2ccccc2)c2c(CO)cccc2c1=O. The molecule has 0 bridgehead atoms. The summed E-state index contributed by atoms with van der Waals surface area (Å²) in [5.41, 5.74) is 1.57. The quantitative estimate of drug-likeness (QED) is 0.750. The van der Waals surface area contributed by atoms with E-state index in [1.165, 1.54) is 6.20 Å². The van der Waals surface area contributed by atoms with E-state index in [0.717, 1.165) is 5.69 Å². The fourth-order valence-corrected chi connectivity index (χ4v) is 2.73. The van der Waals surface area contributed by atoms with Gasteiger partial charge in [0.2, 0.25) is 5.43 Å². The first kappa shape index (κ1) is 16.0. The van der Waals surface area contributed by atoms with E-state index in [1.54, 1.807) is 29.7 Å². The third-order valence-corrected chi connectivity index (χ3v) is 3.81. The first-order valence-corrected chi connectivity index (χ1v) is 7.68. The van der Waals surface area contributed by atoms with Gasteiger partial charge in [0.25, 0.3) is 0 Å². The van der Waals surface area contributed by atoms with E-state index >= 15 is 0 Å². The van der Waals surface area contributed by atoms with E-state index in [-0.39, 0.29) is 18.8 Å². The van der Waals surface area contributed by atoms with Crippen LogP contribution in [0.4, 0.5) is 0 Å². The molecule has 2 aromatic carbocycles. The van der Waals surface area contributed by atoms with Crippen LogP contribution < -0.4 is 5.43 Å². The molecule has 3 rings (SSSR count). The summed E-state index contributed by atoms with van der Waals surface area (Å²) in [6, 6.07) is 14.5. The third kappa shape index (κ3) is 2.70. The lowest BCUT2D eigenvalue weighted by molar-refractivity contribution is 0.0524. The molecule has 3 aromatic rings. The Morgan fingerprint density at radius 3 is 2.54 bits per heavy atom. The zero-order valence-corrected chi connectivity index (χ0v) is 13.2. The van der Waals surface area contributed by atoms with Crippen LogP contribution in [0.15, 0.2) is 59.5 Å². The Kier molecular flexibility index (Phi) is 4.44. The standard InChI is InChI=1S/C19H17NO4/c1-2-24-19(23)16-11-20(14-8-4-3-5-9-14)17-13(12-21)7-6-10-15(17)18(16)22/h3-11,21H,2,12H2,1H3. The van der Waals surface area contributed by atoms with Crippen molar-refractivity contribution in [3.05, 3.63) is 76.1 Å². The molecular weight excluding hydrogens is 306 g/mol. The number of rotatable bonds is 4. The van der Waals surface area contributed by atoms with Gasteiger partial charge in [-0.2, -0.15) is 0 Å². The second kappa shape index (κ2) is 6.68. The number of benzene rings is 2. The topological polar surface area (TPSA) is 68.5 Å². The number of para-hydroxylation sites is 2. The molecule has 0 saturated carbocycles. The highest BCUT2D eigenvalue weighted by atomic mass is 16.5. The summed E-state index contributed by atoms with van der Waals surface area (Å²) in [7, 11) is 0. The molecule has 0 aliphatic heterocycles. The first-order valence-electron chi connectivity index (χ1n) is 7.68. The highest BCUT2D eigenvalue weighted by molar-refractivity contribution is 5.95. The molecule has 1 aromatic heterocycles. The molecule has 0 saturated heterocycles. The van der Waals surface area contributed by atoms with E-state index < -0.39 is 11.4 Å². The molecule has 122 valence electrons. The van der Waals surface area contributed by atoms with Crippen molar-refractivity contribution < 1.29 is 14.6 Å². The maximum atomic E-state index is 12.7. The molecular formula is C19H17NO4. The van der Waals surface area contributed by atoms with Crippen LogP contribution in [0.5, 0.6) is 0 Å². The van der Waals surface area contributed by atoms with Gasteiger partial charge in [-0.3, -0.25) is 4.79 Å². The molecule has 5 heteroatoms. The summed E-state index contributed by atoms with van der Waals surface area (Å²) in [5, 5.41) is 10.0. The van der Waals surface area contributed by atoms with Crippen molar-refractivity contribution in [2.45, 2.75) is 13.5 Å². The van der Waals surface area contributed by atoms with E-state index in [0.29, 0.717) is 16.5 Å². The highest BCUT2D eigenvalue weighted by Crippen LogP contribution is 2.22. The number of fused-ring (bicyclic) bond motifs is 1. The Balaban J connectivity index is 2.41. The van der Waals surface area contributed by atoms with Crippen LogP contribution in [0.1, 0.15) is 22.8 Å². The Morgan fingerprint density at radius 1 is 1.12 bits per heavy atom. The Bertz CT molecular complexity index is 945. The van der Waals surface area contributed by atoms with Crippen molar-refractivity contribution in [1.29, 1.82) is 0 Å². The van der Waals surface area contributed by atoms with Crippen molar-refractivity contribution >= 4 is 16.9 Å². The predicted octanol–water partition coefficient (Wildman–Crippen LogP) is 2.66. The summed E-state index contributed by atoms with van der Waals surface area (Å²) in [4.78, 5) is 24.9. The van der Waals surface area contributed by atoms with Gasteiger partial charge < -0.3 is 14.4 Å². The lowest BCUT2D eigenvalue weighted by Crippen LogP contribution is -2.21. The van der Waals surface area contributed by atoms with Crippen LogP contribution in [0.2, 0.25) is 0 Å². The minimum atomic E-state index is -0.650. The molecule has 0 unspecified atom stereocenters. The smallest absolute Gasteiger partial charge is 0.343 e. The zero-order valence-electron chi connectivity index (χ0n) is 13.2. The average molecular weight is 323 g/mol. The molecule has 0 fully saturated rings. The van der Waals surface area contributed by atoms with E-state index in [4.69, 9.17) is 4.74 Å². The number of pyridine rings is 1. The van der Waals surface area contributed by atoms with Crippen LogP contribution in [-0.4, -0.2) is 22.2 Å². The van der Waals surface area contributed by atoms with Crippen molar-refractivity contribution in [2.75, 3.05) is 6.61 Å². The third-order valence-electron chi connectivity index (χ3n) is 3.81. The summed E-state index contributed by atoms with van der Waals surface area (Å²) >= 11 is 0. The Morgan fingerprint density at radius 2 is 1.88 bits per heavy atom. The molecule has 1 N–H and O–H groups in total. The summed E-state index contributed by atoms with van der Waals surface area (Å²) in [6.07, 6.45) is 1.48. The molecule has 0 radical (unpaired) electrons. The number of aliphatic hydroxyl groups excluding tert-OH is 1. The van der Waals surface area contributed by atoms with E-state index in [2.05, 4.69) is 0 Å². The van der Waals surface area contributed by atoms with Crippen LogP contribution >= 0.6 is 0 Å². The lowest BCUT2D eigenvalue weighted by Gasteiger charge is -2.15. The predicted molar refractivity (Wildman–Crippen MR) is 91.4 cm³/mol. The van der Waals surface area contributed by atoms with Gasteiger partial charge in [0, 0.05) is 22.8 Å². The fraction of sp³-hybridized carbons (Fsp3) is 0.158. The van der Waals surface area contributed by atoms with Gasteiger partial charge in [-0.15, -0.1) is 0 Å². The summed E-state index contributed by atoms with van der Waals surface area (Å²) in [6.45, 7) is 1.68. The van der Waals surface area contributed by atoms with Gasteiger partial charge in [0.1, 0.15) is 5.56 Å². The number of hydrogen-bond donors (Lipinski definition) is 1. The van der Waals surface area contributed by atoms with Gasteiger partial charge in [0.15, 0.2) is 0 Å². The molecule has 0 aliphatic rings. The number of carbonyl (C=O) groups excluding carboxylic acids is 1. The average Bonchev–Trinajstić information content (AvgIpc) is 2.62. The number of carbonyl (C=O) groups is 1. The lowest BCUT2D eigenvalue weighted by atomic mass is 10.1. The van der Waals surface area contributed by atoms with Crippen molar-refractivity contribution in [3.63, 3.8) is 0 Å². The van der Waals surface area contributed by atoms with Crippen LogP contribution in [0.25, 0.3) is 16.6 Å². The number of hydrogen-bond acceptors (Lipinski definition) is 4. The molecule has 24 heavy (non-hydrogen) atoms. The minimum Gasteiger partial charge on any atom is -0.462 e. The van der Waals surface area contributed by atoms with Crippen molar-refractivity contribution in [1.82, 2.24) is 4.57 Å². The number of ether oxygens (including phenoxy) is 1. The van der Waals surface area contributed by atoms with E-state index in [9.17, 15) is 14.7 Å². The zero-order chi connectivity index (χ0) is 17.1. The van der Waals surface area contributed by atoms with Gasteiger partial charge in [-0.25, -0.2) is 4.79 Å². The monoisotopic (exact) mass is 323 g/mol. The molecule has 0 spiro atoms. The molecule has 1 heterocycles. The summed E-state index contributed by atoms with van der Waals surface area (Å²) < 4.78 is 6.75. The molecule has 5 nitrogen and oxygen atoms in total. The minimum absolute atomic E-state index is 0.0247. The number of nitrogens with zero attached hydrogens (tertiary/aromatic N) is 1. The summed E-state index contributed by atoms with van der Waals surface area (Å²) in [5.74, 6) is -0.650. The van der Waals surface area contributed by atoms with Crippen molar-refractivity contribution in [2.24, 2.45) is 0 Å². The second-order valence-electron chi connectivity index (χ2n) is 5.27. The van der Waals surface area contributed by atoms with Gasteiger partial charge >= 0.3 is 5.97 Å². The maximum Gasteiger partial charge on any atom is 0.343 e. The number of aromatic nitrogens is 1.